The molecular weight excluding hydrogens is 414 g/mol. The maximum atomic E-state index is 12.5. The minimum absolute atomic E-state index is 0.0294. The Morgan fingerprint density at radius 2 is 1.50 bits per heavy atom. The summed E-state index contributed by atoms with van der Waals surface area (Å²) in [5.74, 6) is -3.48. The lowest BCUT2D eigenvalue weighted by Crippen LogP contribution is -2.57. The first-order valence-corrected chi connectivity index (χ1v) is 10.9. The molecule has 4 atom stereocenters. The number of carboxylic acid groups (broad SMARTS) is 1. The van der Waals surface area contributed by atoms with Crippen LogP contribution in [-0.2, 0) is 24.0 Å². The zero-order valence-electron chi connectivity index (χ0n) is 17.8. The molecule has 0 fully saturated rings. The number of thioether (sulfide) groups is 1. The van der Waals surface area contributed by atoms with E-state index >= 15 is 0 Å². The number of carbonyl (C=O) groups is 5. The normalized spacial score (nSPS) is 14.9. The Balaban J connectivity index is 5.03. The summed E-state index contributed by atoms with van der Waals surface area (Å²) in [6.07, 6.45) is 1.97. The van der Waals surface area contributed by atoms with E-state index in [1.54, 1.807) is 0 Å². The van der Waals surface area contributed by atoms with Crippen LogP contribution in [0.5, 0.6) is 0 Å². The van der Waals surface area contributed by atoms with Crippen LogP contribution in [0, 0.1) is 5.92 Å². The van der Waals surface area contributed by atoms with Crippen molar-refractivity contribution in [3.05, 3.63) is 0 Å². The number of carbonyl (C=O) groups excluding carboxylic acids is 4. The monoisotopic (exact) mass is 447 g/mol. The summed E-state index contributed by atoms with van der Waals surface area (Å²) in [5.41, 5.74) is 10.9. The van der Waals surface area contributed by atoms with Gasteiger partial charge in [-0.05, 0) is 37.7 Å². The van der Waals surface area contributed by atoms with Gasteiger partial charge in [0.2, 0.25) is 23.6 Å². The average molecular weight is 448 g/mol. The fraction of sp³-hybridized carbons (Fsp3) is 0.722. The van der Waals surface area contributed by atoms with Crippen molar-refractivity contribution in [2.24, 2.45) is 17.4 Å². The molecule has 0 aliphatic rings. The Morgan fingerprint density at radius 3 is 1.97 bits per heavy atom. The van der Waals surface area contributed by atoms with E-state index in [0.717, 1.165) is 0 Å². The first kappa shape index (κ1) is 27.7. The third-order valence-electron chi connectivity index (χ3n) is 4.08. The molecule has 0 aromatic heterocycles. The summed E-state index contributed by atoms with van der Waals surface area (Å²) in [6, 6.07) is -4.39. The van der Waals surface area contributed by atoms with Crippen LogP contribution < -0.4 is 27.4 Å². The highest BCUT2D eigenvalue weighted by Gasteiger charge is 2.29. The van der Waals surface area contributed by atoms with Gasteiger partial charge in [-0.2, -0.15) is 11.8 Å². The molecule has 11 nitrogen and oxygen atoms in total. The predicted molar refractivity (Wildman–Crippen MR) is 113 cm³/mol. The highest BCUT2D eigenvalue weighted by atomic mass is 32.2. The number of nitrogens with one attached hydrogen (secondary N) is 3. The van der Waals surface area contributed by atoms with Crippen molar-refractivity contribution < 1.29 is 29.1 Å². The summed E-state index contributed by atoms with van der Waals surface area (Å²) in [4.78, 5) is 59.5. The highest BCUT2D eigenvalue weighted by molar-refractivity contribution is 7.98. The number of primary amides is 1. The number of hydrogen-bond acceptors (Lipinski definition) is 7. The lowest BCUT2D eigenvalue weighted by atomic mass is 10.0. The molecule has 12 heteroatoms. The topological polar surface area (TPSA) is 194 Å². The van der Waals surface area contributed by atoms with Crippen LogP contribution >= 0.6 is 11.8 Å². The summed E-state index contributed by atoms with van der Waals surface area (Å²) in [7, 11) is 0. The van der Waals surface area contributed by atoms with Crippen LogP contribution in [0.25, 0.3) is 0 Å². The number of nitrogens with two attached hydrogens (primary N) is 2. The number of amides is 4. The molecule has 4 amide bonds. The van der Waals surface area contributed by atoms with Gasteiger partial charge < -0.3 is 32.5 Å². The van der Waals surface area contributed by atoms with E-state index in [-0.39, 0.29) is 12.3 Å². The van der Waals surface area contributed by atoms with Crippen LogP contribution in [0.4, 0.5) is 0 Å². The van der Waals surface area contributed by atoms with Gasteiger partial charge in [0.1, 0.15) is 18.1 Å². The van der Waals surface area contributed by atoms with Gasteiger partial charge in [0.25, 0.3) is 0 Å². The molecular formula is C18H33N5O6S. The van der Waals surface area contributed by atoms with Gasteiger partial charge >= 0.3 is 5.97 Å². The molecule has 0 aromatic carbocycles. The second-order valence-corrected chi connectivity index (χ2v) is 8.36. The van der Waals surface area contributed by atoms with Crippen molar-refractivity contribution in [1.82, 2.24) is 16.0 Å². The summed E-state index contributed by atoms with van der Waals surface area (Å²) >= 11 is 1.51. The van der Waals surface area contributed by atoms with Gasteiger partial charge in [0.05, 0.1) is 12.5 Å². The Bertz CT molecular complexity index is 630. The molecule has 172 valence electrons. The zero-order chi connectivity index (χ0) is 23.4. The van der Waals surface area contributed by atoms with Crippen molar-refractivity contribution in [3.8, 4) is 0 Å². The molecule has 30 heavy (non-hydrogen) atoms. The van der Waals surface area contributed by atoms with Gasteiger partial charge in [-0.1, -0.05) is 13.8 Å². The Labute approximate surface area is 180 Å². The smallest absolute Gasteiger partial charge is 0.326 e. The third kappa shape index (κ3) is 11.0. The number of rotatable bonds is 14. The van der Waals surface area contributed by atoms with E-state index in [9.17, 15) is 29.1 Å². The van der Waals surface area contributed by atoms with E-state index in [1.165, 1.54) is 18.7 Å². The quantitative estimate of drug-likeness (QED) is 0.186. The molecule has 0 saturated heterocycles. The van der Waals surface area contributed by atoms with E-state index < -0.39 is 60.2 Å². The predicted octanol–water partition coefficient (Wildman–Crippen LogP) is -1.45. The minimum atomic E-state index is -1.31. The minimum Gasteiger partial charge on any atom is -0.480 e. The van der Waals surface area contributed by atoms with Crippen molar-refractivity contribution in [2.45, 2.75) is 64.2 Å². The molecule has 4 unspecified atom stereocenters. The molecule has 0 aromatic rings. The molecule has 0 spiro atoms. The van der Waals surface area contributed by atoms with Gasteiger partial charge in [0, 0.05) is 0 Å². The SMILES string of the molecule is CSCCC(N)C(=O)NC(CC(N)=O)C(=O)NC(C)C(=O)NC(CC(C)C)C(=O)O. The molecule has 0 saturated carbocycles. The Hall–Kier alpha value is -2.34. The fourth-order valence-corrected chi connectivity index (χ4v) is 2.92. The summed E-state index contributed by atoms with van der Waals surface area (Å²) in [5, 5.41) is 16.3. The largest absolute Gasteiger partial charge is 0.480 e. The standard InChI is InChI=1S/C18H33N5O6S/c1-9(2)7-13(18(28)29)23-15(25)10(3)21-17(27)12(8-14(20)24)22-16(26)11(19)5-6-30-4/h9-13H,5-8,19H2,1-4H3,(H2,20,24)(H,21,27)(H,22,26)(H,23,25)(H,28,29). The van der Waals surface area contributed by atoms with Crippen LogP contribution in [0.2, 0.25) is 0 Å². The third-order valence-corrected chi connectivity index (χ3v) is 4.73. The van der Waals surface area contributed by atoms with Gasteiger partial charge in [-0.25, -0.2) is 4.79 Å². The van der Waals surface area contributed by atoms with Crippen LogP contribution in [-0.4, -0.2) is 70.9 Å². The fourth-order valence-electron chi connectivity index (χ4n) is 2.43. The van der Waals surface area contributed by atoms with Crippen LogP contribution in [0.3, 0.4) is 0 Å². The lowest BCUT2D eigenvalue weighted by molar-refractivity contribution is -0.142. The van der Waals surface area contributed by atoms with E-state index in [0.29, 0.717) is 12.2 Å². The van der Waals surface area contributed by atoms with Crippen molar-refractivity contribution in [2.75, 3.05) is 12.0 Å². The summed E-state index contributed by atoms with van der Waals surface area (Å²) < 4.78 is 0. The van der Waals surface area contributed by atoms with Crippen LogP contribution in [0.1, 0.15) is 40.0 Å². The van der Waals surface area contributed by atoms with E-state index in [2.05, 4.69) is 16.0 Å². The number of aliphatic carboxylic acids is 1. The van der Waals surface area contributed by atoms with Crippen molar-refractivity contribution >= 4 is 41.4 Å². The second kappa shape index (κ2) is 13.8. The maximum Gasteiger partial charge on any atom is 0.326 e. The Morgan fingerprint density at radius 1 is 0.933 bits per heavy atom. The van der Waals surface area contributed by atoms with Crippen molar-refractivity contribution in [3.63, 3.8) is 0 Å². The molecule has 0 radical (unpaired) electrons. The van der Waals surface area contributed by atoms with Gasteiger partial charge in [-0.3, -0.25) is 19.2 Å². The molecule has 0 bridgehead atoms. The molecule has 0 rings (SSSR count). The molecule has 0 aliphatic carbocycles. The Kier molecular flexibility index (Phi) is 12.7. The van der Waals surface area contributed by atoms with Gasteiger partial charge in [-0.15, -0.1) is 0 Å². The highest BCUT2D eigenvalue weighted by Crippen LogP contribution is 2.06. The lowest BCUT2D eigenvalue weighted by Gasteiger charge is -2.23. The average Bonchev–Trinajstić information content (AvgIpc) is 2.63. The molecule has 8 N–H and O–H groups in total. The van der Waals surface area contributed by atoms with Gasteiger partial charge in [0.15, 0.2) is 0 Å². The number of carboxylic acids is 1. The molecule has 0 heterocycles. The molecule has 0 aliphatic heterocycles. The zero-order valence-corrected chi connectivity index (χ0v) is 18.6. The van der Waals surface area contributed by atoms with Crippen molar-refractivity contribution in [1.29, 1.82) is 0 Å². The second-order valence-electron chi connectivity index (χ2n) is 7.38. The first-order chi connectivity index (χ1) is 13.9. The van der Waals surface area contributed by atoms with E-state index in [1.807, 2.05) is 20.1 Å². The van der Waals surface area contributed by atoms with Crippen LogP contribution in [0.15, 0.2) is 0 Å². The summed E-state index contributed by atoms with van der Waals surface area (Å²) in [6.45, 7) is 4.98. The first-order valence-electron chi connectivity index (χ1n) is 9.55. The maximum absolute atomic E-state index is 12.5. The number of hydrogen-bond donors (Lipinski definition) is 6. The van der Waals surface area contributed by atoms with E-state index in [4.69, 9.17) is 11.5 Å².